The van der Waals surface area contributed by atoms with E-state index in [2.05, 4.69) is 4.98 Å². The molecule has 0 aliphatic carbocycles. The van der Waals surface area contributed by atoms with Crippen LogP contribution in [0.25, 0.3) is 11.1 Å². The molecule has 0 fully saturated rings. The molecule has 6 nitrogen and oxygen atoms in total. The average molecular weight is 291 g/mol. The lowest BCUT2D eigenvalue weighted by atomic mass is 10.3. The number of fused-ring (bicyclic) bond motifs is 1. The van der Waals surface area contributed by atoms with E-state index in [4.69, 9.17) is 20.8 Å². The summed E-state index contributed by atoms with van der Waals surface area (Å²) in [5, 5.41) is 10.8. The second-order valence-electron chi connectivity index (χ2n) is 3.96. The van der Waals surface area contributed by atoms with Gasteiger partial charge < -0.3 is 9.15 Å². The third kappa shape index (κ3) is 2.28. The van der Waals surface area contributed by atoms with Crippen LogP contribution in [0.15, 0.2) is 47.2 Å². The first-order valence-corrected chi connectivity index (χ1v) is 5.96. The van der Waals surface area contributed by atoms with Crippen molar-refractivity contribution in [1.29, 1.82) is 0 Å². The molecule has 1 heterocycles. The van der Waals surface area contributed by atoms with Gasteiger partial charge in [-0.3, -0.25) is 10.1 Å². The molecule has 0 unspecified atom stereocenters. The Labute approximate surface area is 117 Å². The van der Waals surface area contributed by atoms with Gasteiger partial charge in [0.25, 0.3) is 5.69 Å². The first kappa shape index (κ1) is 12.4. The Kier molecular flexibility index (Phi) is 3.00. The Bertz CT molecular complexity index is 800. The molecule has 0 aliphatic heterocycles. The quantitative estimate of drug-likeness (QED) is 0.534. The number of nitro benzene ring substituents is 1. The van der Waals surface area contributed by atoms with Gasteiger partial charge in [-0.1, -0.05) is 11.6 Å². The number of aromatic nitrogens is 1. The van der Waals surface area contributed by atoms with Crippen LogP contribution in [-0.4, -0.2) is 9.91 Å². The molecule has 0 radical (unpaired) electrons. The number of hydrogen-bond donors (Lipinski definition) is 0. The van der Waals surface area contributed by atoms with Gasteiger partial charge >= 0.3 is 0 Å². The molecule has 0 atom stereocenters. The summed E-state index contributed by atoms with van der Waals surface area (Å²) in [6.07, 6.45) is 1.34. The lowest BCUT2D eigenvalue weighted by Gasteiger charge is -2.07. The molecule has 7 heteroatoms. The third-order valence-electron chi connectivity index (χ3n) is 2.66. The summed E-state index contributed by atoms with van der Waals surface area (Å²) >= 11 is 5.96. The molecule has 0 bridgehead atoms. The van der Waals surface area contributed by atoms with E-state index in [9.17, 15) is 10.1 Å². The SMILES string of the molecule is O=[N+]([O-])c1ccc(Oc2ccc3ocnc3c2)c(Cl)c1. The zero-order valence-corrected chi connectivity index (χ0v) is 10.7. The maximum absolute atomic E-state index is 10.6. The number of non-ortho nitro benzene ring substituents is 1. The molecular formula is C13H7ClN2O4. The largest absolute Gasteiger partial charge is 0.456 e. The fourth-order valence-corrected chi connectivity index (χ4v) is 1.93. The molecule has 1 aromatic heterocycles. The van der Waals surface area contributed by atoms with Gasteiger partial charge in [0.15, 0.2) is 12.0 Å². The Morgan fingerprint density at radius 3 is 2.85 bits per heavy atom. The highest BCUT2D eigenvalue weighted by molar-refractivity contribution is 6.32. The van der Waals surface area contributed by atoms with Gasteiger partial charge in [0.05, 0.1) is 9.95 Å². The lowest BCUT2D eigenvalue weighted by Crippen LogP contribution is -1.90. The molecule has 3 aromatic rings. The Morgan fingerprint density at radius 2 is 2.10 bits per heavy atom. The number of benzene rings is 2. The average Bonchev–Trinajstić information content (AvgIpc) is 2.88. The van der Waals surface area contributed by atoms with Crippen LogP contribution in [0.3, 0.4) is 0 Å². The van der Waals surface area contributed by atoms with Crippen LogP contribution in [-0.2, 0) is 0 Å². The van der Waals surface area contributed by atoms with Crippen LogP contribution in [0, 0.1) is 10.1 Å². The summed E-state index contributed by atoms with van der Waals surface area (Å²) in [5.41, 5.74) is 1.21. The normalized spacial score (nSPS) is 10.7. The maximum atomic E-state index is 10.6. The van der Waals surface area contributed by atoms with Crippen molar-refractivity contribution >= 4 is 28.4 Å². The number of halogens is 1. The van der Waals surface area contributed by atoms with Crippen molar-refractivity contribution in [2.24, 2.45) is 0 Å². The molecule has 3 rings (SSSR count). The summed E-state index contributed by atoms with van der Waals surface area (Å²) < 4.78 is 10.7. The number of hydrogen-bond acceptors (Lipinski definition) is 5. The van der Waals surface area contributed by atoms with Gasteiger partial charge in [-0.25, -0.2) is 4.98 Å². The van der Waals surface area contributed by atoms with Gasteiger partial charge in [-0.15, -0.1) is 0 Å². The Balaban J connectivity index is 1.92. The van der Waals surface area contributed by atoms with E-state index >= 15 is 0 Å². The lowest BCUT2D eigenvalue weighted by molar-refractivity contribution is -0.384. The number of rotatable bonds is 3. The van der Waals surface area contributed by atoms with E-state index in [1.165, 1.54) is 24.6 Å². The number of nitro groups is 1. The van der Waals surface area contributed by atoms with Crippen LogP contribution < -0.4 is 4.74 Å². The topological polar surface area (TPSA) is 78.4 Å². The summed E-state index contributed by atoms with van der Waals surface area (Å²) in [6.45, 7) is 0. The molecule has 2 aromatic carbocycles. The van der Waals surface area contributed by atoms with E-state index in [0.717, 1.165) is 0 Å². The number of nitrogens with zero attached hydrogens (tertiary/aromatic N) is 2. The molecule has 0 aliphatic rings. The molecule has 0 amide bonds. The van der Waals surface area contributed by atoms with Gasteiger partial charge in [0, 0.05) is 18.2 Å². The van der Waals surface area contributed by atoms with Crippen molar-refractivity contribution in [3.8, 4) is 11.5 Å². The van der Waals surface area contributed by atoms with E-state index in [-0.39, 0.29) is 10.7 Å². The molecule has 100 valence electrons. The molecule has 0 saturated heterocycles. The Morgan fingerprint density at radius 1 is 1.25 bits per heavy atom. The molecule has 0 saturated carbocycles. The predicted octanol–water partition coefficient (Wildman–Crippen LogP) is 4.18. The standard InChI is InChI=1S/C13H7ClN2O4/c14-10-5-8(16(17)18)1-3-12(10)20-9-2-4-13-11(6-9)15-7-19-13/h1-7H. The monoisotopic (exact) mass is 290 g/mol. The highest BCUT2D eigenvalue weighted by Gasteiger charge is 2.11. The van der Waals surface area contributed by atoms with Gasteiger partial charge in [-0.05, 0) is 18.2 Å². The molecule has 20 heavy (non-hydrogen) atoms. The second kappa shape index (κ2) is 4.82. The zero-order chi connectivity index (χ0) is 14.1. The van der Waals surface area contributed by atoms with Crippen molar-refractivity contribution in [1.82, 2.24) is 4.98 Å². The minimum atomic E-state index is -0.517. The van der Waals surface area contributed by atoms with Gasteiger partial charge in [0.1, 0.15) is 17.0 Å². The molecule has 0 spiro atoms. The summed E-state index contributed by atoms with van der Waals surface area (Å²) in [4.78, 5) is 14.1. The number of oxazole rings is 1. The van der Waals surface area contributed by atoms with Crippen molar-refractivity contribution in [2.75, 3.05) is 0 Å². The number of ether oxygens (including phenoxy) is 1. The first-order chi connectivity index (χ1) is 9.63. The van der Waals surface area contributed by atoms with E-state index in [1.54, 1.807) is 18.2 Å². The highest BCUT2D eigenvalue weighted by atomic mass is 35.5. The van der Waals surface area contributed by atoms with Crippen LogP contribution in [0.5, 0.6) is 11.5 Å². The van der Waals surface area contributed by atoms with Crippen LogP contribution in [0.2, 0.25) is 5.02 Å². The van der Waals surface area contributed by atoms with Crippen LogP contribution in [0.4, 0.5) is 5.69 Å². The highest BCUT2D eigenvalue weighted by Crippen LogP contribution is 2.33. The van der Waals surface area contributed by atoms with Crippen LogP contribution in [0.1, 0.15) is 0 Å². The van der Waals surface area contributed by atoms with Crippen molar-refractivity contribution in [3.05, 3.63) is 57.9 Å². The fraction of sp³-hybridized carbons (Fsp3) is 0. The third-order valence-corrected chi connectivity index (χ3v) is 2.95. The van der Waals surface area contributed by atoms with E-state index < -0.39 is 4.92 Å². The summed E-state index contributed by atoms with van der Waals surface area (Å²) in [5.74, 6) is 0.849. The van der Waals surface area contributed by atoms with E-state index in [1.807, 2.05) is 0 Å². The predicted molar refractivity (Wildman–Crippen MR) is 72.2 cm³/mol. The Hall–Kier alpha value is -2.60. The van der Waals surface area contributed by atoms with Gasteiger partial charge in [-0.2, -0.15) is 0 Å². The smallest absolute Gasteiger partial charge is 0.271 e. The zero-order valence-electron chi connectivity index (χ0n) is 9.95. The van der Waals surface area contributed by atoms with Crippen molar-refractivity contribution < 1.29 is 14.1 Å². The molecule has 0 N–H and O–H groups in total. The minimum Gasteiger partial charge on any atom is -0.456 e. The minimum absolute atomic E-state index is 0.0886. The summed E-state index contributed by atoms with van der Waals surface area (Å²) in [6, 6.07) is 9.13. The van der Waals surface area contributed by atoms with Crippen molar-refractivity contribution in [3.63, 3.8) is 0 Å². The maximum Gasteiger partial charge on any atom is 0.271 e. The first-order valence-electron chi connectivity index (χ1n) is 5.58. The van der Waals surface area contributed by atoms with Gasteiger partial charge in [0.2, 0.25) is 0 Å². The van der Waals surface area contributed by atoms with Crippen molar-refractivity contribution in [2.45, 2.75) is 0 Å². The van der Waals surface area contributed by atoms with E-state index in [0.29, 0.717) is 22.6 Å². The van der Waals surface area contributed by atoms with Crippen LogP contribution >= 0.6 is 11.6 Å². The second-order valence-corrected chi connectivity index (χ2v) is 4.36. The summed E-state index contributed by atoms with van der Waals surface area (Å²) in [7, 11) is 0. The fourth-order valence-electron chi connectivity index (χ4n) is 1.71. The molecular weight excluding hydrogens is 284 g/mol.